The van der Waals surface area contributed by atoms with E-state index in [1.54, 1.807) is 12.1 Å². The molecule has 0 saturated carbocycles. The van der Waals surface area contributed by atoms with Gasteiger partial charge >= 0.3 is 5.63 Å². The van der Waals surface area contributed by atoms with Crippen molar-refractivity contribution in [1.82, 2.24) is 0 Å². The quantitative estimate of drug-likeness (QED) is 0.666. The summed E-state index contributed by atoms with van der Waals surface area (Å²) in [7, 11) is 0. The molecule has 4 heteroatoms. The molecule has 0 aliphatic heterocycles. The maximum absolute atomic E-state index is 11.8. The van der Waals surface area contributed by atoms with Crippen molar-refractivity contribution in [1.29, 1.82) is 0 Å². The van der Waals surface area contributed by atoms with Gasteiger partial charge in [0, 0.05) is 17.0 Å². The molecule has 0 bridgehead atoms. The van der Waals surface area contributed by atoms with E-state index in [1.165, 1.54) is 18.9 Å². The van der Waals surface area contributed by atoms with E-state index in [0.29, 0.717) is 5.58 Å². The van der Waals surface area contributed by atoms with Crippen LogP contribution < -0.4 is 5.63 Å². The van der Waals surface area contributed by atoms with Gasteiger partial charge in [0.05, 0.1) is 0 Å². The van der Waals surface area contributed by atoms with Gasteiger partial charge in [-0.3, -0.25) is 0 Å². The summed E-state index contributed by atoms with van der Waals surface area (Å²) >= 11 is 0. The Kier molecular flexibility index (Phi) is 5.57. The number of benzene rings is 1. The average molecular weight is 264 g/mol. The van der Waals surface area contributed by atoms with E-state index in [1.807, 2.05) is 6.07 Å². The lowest BCUT2D eigenvalue weighted by molar-refractivity contribution is 0.472. The highest BCUT2D eigenvalue weighted by molar-refractivity contribution is 5.78. The van der Waals surface area contributed by atoms with Crippen molar-refractivity contribution in [3.8, 4) is 5.75 Å². The summed E-state index contributed by atoms with van der Waals surface area (Å²) < 4.78 is 5.22. The highest BCUT2D eigenvalue weighted by Gasteiger charge is 2.05. The zero-order valence-corrected chi connectivity index (χ0v) is 11.1. The van der Waals surface area contributed by atoms with E-state index in [0.717, 1.165) is 30.2 Å². The summed E-state index contributed by atoms with van der Waals surface area (Å²) in [6, 6.07) is 6.70. The van der Waals surface area contributed by atoms with Gasteiger partial charge in [-0.05, 0) is 31.0 Å². The van der Waals surface area contributed by atoms with Gasteiger partial charge in [-0.15, -0.1) is 0 Å². The first kappa shape index (κ1) is 15.2. The minimum Gasteiger partial charge on any atom is -0.508 e. The maximum Gasteiger partial charge on any atom is 0.339 e. The topological polar surface area (TPSA) is 81.9 Å². The third-order valence-electron chi connectivity index (χ3n) is 3.09. The van der Waals surface area contributed by atoms with Crippen LogP contribution >= 0.6 is 0 Å². The molecule has 0 amide bonds. The van der Waals surface area contributed by atoms with Crippen molar-refractivity contribution in [2.45, 2.75) is 39.0 Å². The summed E-state index contributed by atoms with van der Waals surface area (Å²) in [5.74, 6) is 0.112. The van der Waals surface area contributed by atoms with Crippen LogP contribution in [0, 0.1) is 0 Å². The monoisotopic (exact) mass is 264 g/mol. The zero-order chi connectivity index (χ0) is 13.0. The van der Waals surface area contributed by atoms with Crippen molar-refractivity contribution in [3.05, 3.63) is 40.2 Å². The molecule has 0 spiro atoms. The van der Waals surface area contributed by atoms with Gasteiger partial charge in [0.15, 0.2) is 0 Å². The van der Waals surface area contributed by atoms with Gasteiger partial charge in [-0.2, -0.15) is 0 Å². The Morgan fingerprint density at radius 1 is 1.16 bits per heavy atom. The molecular weight excluding hydrogens is 244 g/mol. The first-order valence-corrected chi connectivity index (χ1v) is 6.46. The first-order valence-electron chi connectivity index (χ1n) is 6.46. The number of phenolic OH excluding ortho intramolecular Hbond substituents is 1. The Morgan fingerprint density at radius 2 is 1.95 bits per heavy atom. The molecule has 1 aromatic carbocycles. The second kappa shape index (κ2) is 6.95. The van der Waals surface area contributed by atoms with Crippen molar-refractivity contribution in [2.75, 3.05) is 0 Å². The molecule has 2 aromatic rings. The van der Waals surface area contributed by atoms with Crippen LogP contribution in [-0.2, 0) is 6.42 Å². The Balaban J connectivity index is 0.00000180. The largest absolute Gasteiger partial charge is 0.508 e. The number of unbranched alkanes of at least 4 members (excludes halogenated alkanes) is 3. The van der Waals surface area contributed by atoms with Gasteiger partial charge in [-0.25, -0.2) is 4.79 Å². The Hall–Kier alpha value is -1.81. The van der Waals surface area contributed by atoms with E-state index >= 15 is 0 Å². The second-order valence-electron chi connectivity index (χ2n) is 4.59. The predicted molar refractivity (Wildman–Crippen MR) is 75.6 cm³/mol. The highest BCUT2D eigenvalue weighted by atomic mass is 16.4. The van der Waals surface area contributed by atoms with E-state index in [9.17, 15) is 9.90 Å². The summed E-state index contributed by atoms with van der Waals surface area (Å²) in [5, 5.41) is 10.2. The molecule has 0 saturated heterocycles. The molecule has 19 heavy (non-hydrogen) atoms. The Bertz CT molecular complexity index is 586. The summed E-state index contributed by atoms with van der Waals surface area (Å²) in [5.41, 5.74) is 0.881. The van der Waals surface area contributed by atoms with E-state index in [2.05, 4.69) is 6.92 Å². The summed E-state index contributed by atoms with van der Waals surface area (Å²) in [6.07, 6.45) is 5.31. The van der Waals surface area contributed by atoms with Gasteiger partial charge in [0.25, 0.3) is 0 Å². The Morgan fingerprint density at radius 3 is 2.68 bits per heavy atom. The molecule has 0 atom stereocenters. The predicted octanol–water partition coefficient (Wildman–Crippen LogP) is 2.80. The third-order valence-corrected chi connectivity index (χ3v) is 3.09. The minimum atomic E-state index is -0.287. The van der Waals surface area contributed by atoms with Crippen LogP contribution in [0.4, 0.5) is 0 Å². The van der Waals surface area contributed by atoms with Gasteiger partial charge in [0.2, 0.25) is 0 Å². The summed E-state index contributed by atoms with van der Waals surface area (Å²) in [6.45, 7) is 2.16. The van der Waals surface area contributed by atoms with E-state index in [4.69, 9.17) is 4.42 Å². The molecule has 0 aliphatic rings. The van der Waals surface area contributed by atoms with Crippen LogP contribution in [0.3, 0.4) is 0 Å². The normalized spacial score (nSPS) is 10.4. The van der Waals surface area contributed by atoms with E-state index in [-0.39, 0.29) is 16.9 Å². The molecule has 2 rings (SSSR count). The standard InChI is InChI=1S/C15H18O3.H2O/c1-2-3-4-5-6-12-9-11-7-8-13(16)10-14(11)18-15(12)17;/h7-10,16H,2-6H2,1H3;1H2. The molecule has 0 aliphatic carbocycles. The molecule has 104 valence electrons. The molecule has 4 nitrogen and oxygen atoms in total. The van der Waals surface area contributed by atoms with Gasteiger partial charge in [-0.1, -0.05) is 26.2 Å². The fourth-order valence-corrected chi connectivity index (χ4v) is 2.06. The SMILES string of the molecule is CCCCCCc1cc2ccc(O)cc2oc1=O.O. The van der Waals surface area contributed by atoms with Gasteiger partial charge < -0.3 is 15.0 Å². The van der Waals surface area contributed by atoms with Crippen LogP contribution in [0.25, 0.3) is 11.0 Å². The fourth-order valence-electron chi connectivity index (χ4n) is 2.06. The van der Waals surface area contributed by atoms with Crippen LogP contribution in [0.1, 0.15) is 38.2 Å². The van der Waals surface area contributed by atoms with Crippen LogP contribution in [0.5, 0.6) is 5.75 Å². The summed E-state index contributed by atoms with van der Waals surface area (Å²) in [4.78, 5) is 11.8. The minimum absolute atomic E-state index is 0. The number of rotatable bonds is 5. The molecule has 1 heterocycles. The number of fused-ring (bicyclic) bond motifs is 1. The first-order chi connectivity index (χ1) is 8.70. The highest BCUT2D eigenvalue weighted by Crippen LogP contribution is 2.19. The zero-order valence-electron chi connectivity index (χ0n) is 11.1. The number of phenols is 1. The van der Waals surface area contributed by atoms with Crippen molar-refractivity contribution in [3.63, 3.8) is 0 Å². The third kappa shape index (κ3) is 3.83. The smallest absolute Gasteiger partial charge is 0.339 e. The molecule has 3 N–H and O–H groups in total. The molecule has 1 aromatic heterocycles. The van der Waals surface area contributed by atoms with E-state index < -0.39 is 0 Å². The Labute approximate surface area is 112 Å². The number of aryl methyl sites for hydroxylation is 1. The number of aromatic hydroxyl groups is 1. The fraction of sp³-hybridized carbons (Fsp3) is 0.400. The average Bonchev–Trinajstić information content (AvgIpc) is 2.35. The molecule has 0 unspecified atom stereocenters. The molecule has 0 radical (unpaired) electrons. The van der Waals surface area contributed by atoms with Crippen LogP contribution in [0.2, 0.25) is 0 Å². The lowest BCUT2D eigenvalue weighted by Gasteiger charge is -2.02. The second-order valence-corrected chi connectivity index (χ2v) is 4.59. The van der Waals surface area contributed by atoms with Crippen molar-refractivity contribution in [2.24, 2.45) is 0 Å². The molecule has 0 fully saturated rings. The maximum atomic E-state index is 11.8. The number of hydrogen-bond donors (Lipinski definition) is 1. The van der Waals surface area contributed by atoms with Gasteiger partial charge in [0.1, 0.15) is 11.3 Å². The van der Waals surface area contributed by atoms with Crippen molar-refractivity contribution < 1.29 is 15.0 Å². The van der Waals surface area contributed by atoms with Crippen LogP contribution in [0.15, 0.2) is 33.5 Å². The lowest BCUT2D eigenvalue weighted by Crippen LogP contribution is -2.06. The van der Waals surface area contributed by atoms with Crippen molar-refractivity contribution >= 4 is 11.0 Å². The molecular formula is C15H20O4. The van der Waals surface area contributed by atoms with Crippen LogP contribution in [-0.4, -0.2) is 10.6 Å². The number of hydrogen-bond acceptors (Lipinski definition) is 3. The lowest BCUT2D eigenvalue weighted by atomic mass is 10.1.